The van der Waals surface area contributed by atoms with Crippen LogP contribution < -0.4 is 10.6 Å². The molecular weight excluding hydrogens is 292 g/mol. The highest BCUT2D eigenvalue weighted by Gasteiger charge is 2.24. The highest BCUT2D eigenvalue weighted by molar-refractivity contribution is 7.11. The lowest BCUT2D eigenvalue weighted by Crippen LogP contribution is -2.46. The molecule has 5 heteroatoms. The summed E-state index contributed by atoms with van der Waals surface area (Å²) in [6, 6.07) is 0.552. The highest BCUT2D eigenvalue weighted by atomic mass is 32.1. The number of nitrogens with zero attached hydrogens (tertiary/aromatic N) is 2. The van der Waals surface area contributed by atoms with Crippen LogP contribution in [0.3, 0.4) is 0 Å². The summed E-state index contributed by atoms with van der Waals surface area (Å²) in [5, 5.41) is 8.23. The third-order valence-electron chi connectivity index (χ3n) is 4.32. The zero-order valence-electron chi connectivity index (χ0n) is 14.4. The van der Waals surface area contributed by atoms with Crippen LogP contribution in [0.4, 0.5) is 0 Å². The van der Waals surface area contributed by atoms with E-state index in [0.717, 1.165) is 37.2 Å². The Labute approximate surface area is 138 Å². The first-order valence-corrected chi connectivity index (χ1v) is 9.33. The van der Waals surface area contributed by atoms with Gasteiger partial charge in [0.25, 0.3) is 0 Å². The summed E-state index contributed by atoms with van der Waals surface area (Å²) < 4.78 is 0. The second-order valence-electron chi connectivity index (χ2n) is 6.58. The first-order valence-electron chi connectivity index (χ1n) is 8.51. The summed E-state index contributed by atoms with van der Waals surface area (Å²) in [7, 11) is 1.85. The van der Waals surface area contributed by atoms with Crippen LogP contribution in [0, 0.1) is 11.8 Å². The molecule has 0 bridgehead atoms. The van der Waals surface area contributed by atoms with Crippen LogP contribution in [0.1, 0.15) is 49.9 Å². The number of hydrogen-bond donors (Lipinski definition) is 2. The fourth-order valence-electron chi connectivity index (χ4n) is 3.37. The maximum absolute atomic E-state index is 4.46. The van der Waals surface area contributed by atoms with E-state index in [9.17, 15) is 0 Å². The van der Waals surface area contributed by atoms with E-state index in [1.807, 2.05) is 24.6 Å². The van der Waals surface area contributed by atoms with E-state index < -0.39 is 0 Å². The summed E-state index contributed by atoms with van der Waals surface area (Å²) in [4.78, 5) is 10.2. The van der Waals surface area contributed by atoms with E-state index in [0.29, 0.717) is 6.04 Å². The van der Waals surface area contributed by atoms with Crippen LogP contribution >= 0.6 is 11.3 Å². The van der Waals surface area contributed by atoms with Gasteiger partial charge in [0.1, 0.15) is 0 Å². The molecule has 2 atom stereocenters. The molecule has 0 radical (unpaired) electrons. The van der Waals surface area contributed by atoms with E-state index in [4.69, 9.17) is 0 Å². The number of aromatic nitrogens is 1. The van der Waals surface area contributed by atoms with Gasteiger partial charge in [-0.1, -0.05) is 20.8 Å². The lowest BCUT2D eigenvalue weighted by Gasteiger charge is -2.32. The van der Waals surface area contributed by atoms with Gasteiger partial charge in [0.05, 0.1) is 5.01 Å². The van der Waals surface area contributed by atoms with Gasteiger partial charge in [-0.2, -0.15) is 0 Å². The molecule has 0 aromatic carbocycles. The van der Waals surface area contributed by atoms with Gasteiger partial charge in [-0.15, -0.1) is 11.3 Å². The maximum Gasteiger partial charge on any atom is 0.191 e. The van der Waals surface area contributed by atoms with E-state index in [2.05, 4.69) is 41.4 Å². The van der Waals surface area contributed by atoms with Crippen LogP contribution in [-0.2, 0) is 12.8 Å². The van der Waals surface area contributed by atoms with Gasteiger partial charge in [-0.05, 0) is 37.5 Å². The van der Waals surface area contributed by atoms with Crippen molar-refractivity contribution >= 4 is 17.3 Å². The molecule has 0 aliphatic heterocycles. The predicted molar refractivity (Wildman–Crippen MR) is 95.7 cm³/mol. The Morgan fingerprint density at radius 1 is 1.32 bits per heavy atom. The molecule has 2 N–H and O–H groups in total. The Kier molecular flexibility index (Phi) is 6.68. The van der Waals surface area contributed by atoms with E-state index in [-0.39, 0.29) is 0 Å². The van der Waals surface area contributed by atoms with Crippen LogP contribution in [0.25, 0.3) is 0 Å². The van der Waals surface area contributed by atoms with Crippen LogP contribution in [0.15, 0.2) is 11.2 Å². The summed E-state index contributed by atoms with van der Waals surface area (Å²) >= 11 is 1.82. The van der Waals surface area contributed by atoms with Gasteiger partial charge in [0.2, 0.25) is 0 Å². The molecule has 124 valence electrons. The molecule has 1 aliphatic carbocycles. The van der Waals surface area contributed by atoms with Gasteiger partial charge in [-0.3, -0.25) is 4.99 Å². The zero-order valence-corrected chi connectivity index (χ0v) is 15.2. The van der Waals surface area contributed by atoms with Crippen molar-refractivity contribution in [3.05, 3.63) is 16.1 Å². The Balaban J connectivity index is 1.75. The number of thiazole rings is 1. The lowest BCUT2D eigenvalue weighted by atomic mass is 9.80. The molecular formula is C17H30N4S. The molecule has 1 aliphatic rings. The number of aliphatic imine (C=N–C) groups is 1. The van der Waals surface area contributed by atoms with E-state index in [1.54, 1.807) is 0 Å². The topological polar surface area (TPSA) is 49.3 Å². The number of nitrogens with one attached hydrogen (secondary N) is 2. The molecule has 0 spiro atoms. The minimum atomic E-state index is 0.552. The van der Waals surface area contributed by atoms with Gasteiger partial charge in [-0.25, -0.2) is 4.98 Å². The molecule has 2 unspecified atom stereocenters. The fourth-order valence-corrected chi connectivity index (χ4v) is 4.23. The largest absolute Gasteiger partial charge is 0.356 e. The third kappa shape index (κ3) is 5.27. The molecule has 22 heavy (non-hydrogen) atoms. The van der Waals surface area contributed by atoms with Crippen molar-refractivity contribution in [2.24, 2.45) is 16.8 Å². The van der Waals surface area contributed by atoms with Crippen molar-refractivity contribution < 1.29 is 0 Å². The molecule has 1 aromatic heterocycles. The van der Waals surface area contributed by atoms with Crippen LogP contribution in [-0.4, -0.2) is 30.6 Å². The first-order chi connectivity index (χ1) is 10.6. The number of aryl methyl sites for hydroxylation is 1. The summed E-state index contributed by atoms with van der Waals surface area (Å²) in [6.45, 7) is 7.77. The Morgan fingerprint density at radius 3 is 2.64 bits per heavy atom. The maximum atomic E-state index is 4.46. The zero-order chi connectivity index (χ0) is 15.9. The molecule has 1 aromatic rings. The monoisotopic (exact) mass is 322 g/mol. The number of rotatable bonds is 5. The smallest absolute Gasteiger partial charge is 0.191 e. The number of guanidine groups is 1. The minimum absolute atomic E-state index is 0.552. The standard InChI is InChI=1S/C17H30N4S/c1-5-15-11-20-16(22-15)6-7-19-17(18-4)21-14-9-12(2)8-13(3)10-14/h11-14H,5-10H2,1-4H3,(H2,18,19,21). The summed E-state index contributed by atoms with van der Waals surface area (Å²) in [5.41, 5.74) is 0. The summed E-state index contributed by atoms with van der Waals surface area (Å²) in [5.74, 6) is 2.54. The fraction of sp³-hybridized carbons (Fsp3) is 0.765. The van der Waals surface area contributed by atoms with E-state index in [1.165, 1.54) is 29.1 Å². The second-order valence-corrected chi connectivity index (χ2v) is 7.78. The Bertz CT molecular complexity index is 473. The molecule has 0 saturated heterocycles. The molecule has 1 saturated carbocycles. The highest BCUT2D eigenvalue weighted by Crippen LogP contribution is 2.28. The predicted octanol–water partition coefficient (Wildman–Crippen LogP) is 3.24. The summed E-state index contributed by atoms with van der Waals surface area (Å²) in [6.07, 6.45) is 7.88. The third-order valence-corrected chi connectivity index (χ3v) is 5.53. The van der Waals surface area contributed by atoms with Crippen molar-refractivity contribution in [2.75, 3.05) is 13.6 Å². The first kappa shape index (κ1) is 17.3. The van der Waals surface area contributed by atoms with Gasteiger partial charge in [0.15, 0.2) is 5.96 Å². The van der Waals surface area contributed by atoms with Gasteiger partial charge >= 0.3 is 0 Å². The van der Waals surface area contributed by atoms with Crippen molar-refractivity contribution in [3.63, 3.8) is 0 Å². The average molecular weight is 323 g/mol. The van der Waals surface area contributed by atoms with Crippen LogP contribution in [0.2, 0.25) is 0 Å². The molecule has 4 nitrogen and oxygen atoms in total. The molecule has 2 rings (SSSR count). The molecule has 0 amide bonds. The quantitative estimate of drug-likeness (QED) is 0.646. The lowest BCUT2D eigenvalue weighted by molar-refractivity contribution is 0.255. The van der Waals surface area contributed by atoms with E-state index >= 15 is 0 Å². The van der Waals surface area contributed by atoms with Gasteiger partial charge in [0, 0.05) is 37.1 Å². The van der Waals surface area contributed by atoms with Crippen molar-refractivity contribution in [3.8, 4) is 0 Å². The van der Waals surface area contributed by atoms with Crippen molar-refractivity contribution in [1.82, 2.24) is 15.6 Å². The SMILES string of the molecule is CCc1cnc(CCNC(=NC)NC2CC(C)CC(C)C2)s1. The van der Waals surface area contributed by atoms with Gasteiger partial charge < -0.3 is 10.6 Å². The average Bonchev–Trinajstić information content (AvgIpc) is 2.93. The van der Waals surface area contributed by atoms with Crippen molar-refractivity contribution in [1.29, 1.82) is 0 Å². The molecule has 1 heterocycles. The van der Waals surface area contributed by atoms with Crippen molar-refractivity contribution in [2.45, 2.75) is 58.9 Å². The number of hydrogen-bond acceptors (Lipinski definition) is 3. The normalized spacial score (nSPS) is 26.0. The minimum Gasteiger partial charge on any atom is -0.356 e. The Hall–Kier alpha value is -1.10. The Morgan fingerprint density at radius 2 is 2.05 bits per heavy atom. The van der Waals surface area contributed by atoms with Crippen LogP contribution in [0.5, 0.6) is 0 Å². The molecule has 1 fully saturated rings. The second kappa shape index (κ2) is 8.51.